The fourth-order valence-electron chi connectivity index (χ4n) is 3.39. The van der Waals surface area contributed by atoms with E-state index in [2.05, 4.69) is 0 Å². The van der Waals surface area contributed by atoms with Gasteiger partial charge >= 0.3 is 0 Å². The van der Waals surface area contributed by atoms with Crippen molar-refractivity contribution in [2.75, 3.05) is 13.2 Å². The third kappa shape index (κ3) is 0.531. The average molecular weight is 138 g/mol. The molecule has 0 aromatic rings. The van der Waals surface area contributed by atoms with E-state index in [-0.39, 0.29) is 0 Å². The van der Waals surface area contributed by atoms with Gasteiger partial charge in [0.05, 0.1) is 13.2 Å². The molecule has 0 amide bonds. The van der Waals surface area contributed by atoms with Crippen LogP contribution >= 0.6 is 0 Å². The van der Waals surface area contributed by atoms with Crippen molar-refractivity contribution in [2.45, 2.75) is 19.3 Å². The SMILES string of the molecule is C1CC2CC1C1COCC21. The Hall–Kier alpha value is -0.0400. The summed E-state index contributed by atoms with van der Waals surface area (Å²) in [6, 6.07) is 0. The Morgan fingerprint density at radius 3 is 2.10 bits per heavy atom. The monoisotopic (exact) mass is 138 g/mol. The zero-order valence-corrected chi connectivity index (χ0v) is 6.25. The van der Waals surface area contributed by atoms with Crippen molar-refractivity contribution in [3.63, 3.8) is 0 Å². The van der Waals surface area contributed by atoms with Crippen LogP contribution in [0.25, 0.3) is 0 Å². The number of fused-ring (bicyclic) bond motifs is 5. The first-order valence-electron chi connectivity index (χ1n) is 4.53. The lowest BCUT2D eigenvalue weighted by molar-refractivity contribution is 0.163. The highest BCUT2D eigenvalue weighted by atomic mass is 16.5. The molecule has 3 aliphatic rings. The molecule has 2 aliphatic carbocycles. The van der Waals surface area contributed by atoms with E-state index in [4.69, 9.17) is 4.74 Å². The second kappa shape index (κ2) is 1.76. The van der Waals surface area contributed by atoms with Gasteiger partial charge in [0.25, 0.3) is 0 Å². The van der Waals surface area contributed by atoms with E-state index in [1.807, 2.05) is 0 Å². The molecule has 3 rings (SSSR count). The molecule has 0 aromatic heterocycles. The van der Waals surface area contributed by atoms with Crippen molar-refractivity contribution in [1.29, 1.82) is 0 Å². The van der Waals surface area contributed by atoms with Gasteiger partial charge < -0.3 is 4.74 Å². The van der Waals surface area contributed by atoms with Crippen LogP contribution in [-0.4, -0.2) is 13.2 Å². The van der Waals surface area contributed by atoms with Crippen molar-refractivity contribution in [3.05, 3.63) is 0 Å². The summed E-state index contributed by atoms with van der Waals surface area (Å²) in [6.45, 7) is 2.18. The number of ether oxygens (including phenoxy) is 1. The van der Waals surface area contributed by atoms with E-state index in [0.717, 1.165) is 36.9 Å². The summed E-state index contributed by atoms with van der Waals surface area (Å²) in [7, 11) is 0. The van der Waals surface area contributed by atoms with Crippen molar-refractivity contribution < 1.29 is 4.74 Å². The molecule has 1 aliphatic heterocycles. The predicted molar refractivity (Wildman–Crippen MR) is 38.6 cm³/mol. The maximum atomic E-state index is 5.49. The minimum Gasteiger partial charge on any atom is -0.381 e. The summed E-state index contributed by atoms with van der Waals surface area (Å²) < 4.78 is 5.49. The average Bonchev–Trinajstić information content (AvgIpc) is 2.60. The fourth-order valence-corrected chi connectivity index (χ4v) is 3.39. The molecule has 2 bridgehead atoms. The molecule has 1 heteroatoms. The molecule has 4 atom stereocenters. The zero-order valence-electron chi connectivity index (χ0n) is 6.25. The highest BCUT2D eigenvalue weighted by molar-refractivity contribution is 4.98. The Morgan fingerprint density at radius 1 is 0.900 bits per heavy atom. The van der Waals surface area contributed by atoms with Crippen LogP contribution in [0.3, 0.4) is 0 Å². The van der Waals surface area contributed by atoms with Gasteiger partial charge in [-0.15, -0.1) is 0 Å². The summed E-state index contributed by atoms with van der Waals surface area (Å²) in [5, 5.41) is 0. The Bertz CT molecular complexity index is 139. The van der Waals surface area contributed by atoms with Gasteiger partial charge in [-0.2, -0.15) is 0 Å². The molecule has 56 valence electrons. The first-order chi connectivity index (χ1) is 4.95. The summed E-state index contributed by atoms with van der Waals surface area (Å²) >= 11 is 0. The van der Waals surface area contributed by atoms with Gasteiger partial charge in [0, 0.05) is 0 Å². The summed E-state index contributed by atoms with van der Waals surface area (Å²) in [4.78, 5) is 0. The van der Waals surface area contributed by atoms with E-state index in [1.54, 1.807) is 6.42 Å². The van der Waals surface area contributed by atoms with Crippen molar-refractivity contribution in [3.8, 4) is 0 Å². The Labute approximate surface area is 61.8 Å². The molecule has 1 nitrogen and oxygen atoms in total. The fraction of sp³-hybridized carbons (Fsp3) is 1.00. The minimum atomic E-state index is 0.985. The van der Waals surface area contributed by atoms with Crippen molar-refractivity contribution >= 4 is 0 Å². The van der Waals surface area contributed by atoms with E-state index in [9.17, 15) is 0 Å². The van der Waals surface area contributed by atoms with Crippen LogP contribution in [0.5, 0.6) is 0 Å². The quantitative estimate of drug-likeness (QED) is 0.495. The third-order valence-electron chi connectivity index (χ3n) is 3.90. The Kier molecular flexibility index (Phi) is 0.984. The van der Waals surface area contributed by atoms with E-state index in [0.29, 0.717) is 0 Å². The molecule has 1 heterocycles. The minimum absolute atomic E-state index is 0.985. The van der Waals surface area contributed by atoms with Gasteiger partial charge in [0.1, 0.15) is 0 Å². The molecule has 1 saturated heterocycles. The molecule has 2 saturated carbocycles. The second-order valence-corrected chi connectivity index (χ2v) is 4.20. The van der Waals surface area contributed by atoms with Crippen LogP contribution in [-0.2, 0) is 4.74 Å². The molecule has 4 unspecified atom stereocenters. The highest BCUT2D eigenvalue weighted by Crippen LogP contribution is 2.54. The number of hydrogen-bond acceptors (Lipinski definition) is 1. The van der Waals surface area contributed by atoms with E-state index < -0.39 is 0 Å². The lowest BCUT2D eigenvalue weighted by Crippen LogP contribution is -2.19. The molecular weight excluding hydrogens is 124 g/mol. The van der Waals surface area contributed by atoms with Crippen LogP contribution in [0.2, 0.25) is 0 Å². The topological polar surface area (TPSA) is 9.23 Å². The Morgan fingerprint density at radius 2 is 1.50 bits per heavy atom. The van der Waals surface area contributed by atoms with Gasteiger partial charge in [-0.25, -0.2) is 0 Å². The summed E-state index contributed by atoms with van der Waals surface area (Å²) in [5.41, 5.74) is 0. The molecule has 10 heavy (non-hydrogen) atoms. The highest BCUT2D eigenvalue weighted by Gasteiger charge is 2.49. The maximum absolute atomic E-state index is 5.49. The van der Waals surface area contributed by atoms with Crippen LogP contribution in [0.1, 0.15) is 19.3 Å². The molecule has 3 fully saturated rings. The van der Waals surface area contributed by atoms with E-state index >= 15 is 0 Å². The largest absolute Gasteiger partial charge is 0.381 e. The number of rotatable bonds is 0. The summed E-state index contributed by atoms with van der Waals surface area (Å²) in [6.07, 6.45) is 4.56. The summed E-state index contributed by atoms with van der Waals surface area (Å²) in [5.74, 6) is 4.10. The van der Waals surface area contributed by atoms with Crippen LogP contribution < -0.4 is 0 Å². The standard InChI is InChI=1S/C9H14O/c1-2-7-3-6(1)8-4-10-5-9(7)8/h6-9H,1-5H2. The van der Waals surface area contributed by atoms with Crippen molar-refractivity contribution in [2.24, 2.45) is 23.7 Å². The number of hydrogen-bond donors (Lipinski definition) is 0. The lowest BCUT2D eigenvalue weighted by Gasteiger charge is -2.21. The van der Waals surface area contributed by atoms with Gasteiger partial charge in [-0.3, -0.25) is 0 Å². The predicted octanol–water partition coefficient (Wildman–Crippen LogP) is 1.68. The molecule has 0 radical (unpaired) electrons. The third-order valence-corrected chi connectivity index (χ3v) is 3.90. The maximum Gasteiger partial charge on any atom is 0.0500 e. The van der Waals surface area contributed by atoms with Crippen molar-refractivity contribution in [1.82, 2.24) is 0 Å². The van der Waals surface area contributed by atoms with Gasteiger partial charge in [-0.1, -0.05) is 0 Å². The first kappa shape index (κ1) is 5.59. The smallest absolute Gasteiger partial charge is 0.0500 e. The molecule has 0 N–H and O–H groups in total. The normalized spacial score (nSPS) is 57.6. The van der Waals surface area contributed by atoms with Crippen LogP contribution in [0.4, 0.5) is 0 Å². The van der Waals surface area contributed by atoms with Gasteiger partial charge in [0.2, 0.25) is 0 Å². The second-order valence-electron chi connectivity index (χ2n) is 4.20. The lowest BCUT2D eigenvalue weighted by atomic mass is 9.82. The van der Waals surface area contributed by atoms with Crippen LogP contribution in [0, 0.1) is 23.7 Å². The Balaban J connectivity index is 1.92. The molecule has 0 aromatic carbocycles. The molecule has 0 spiro atoms. The van der Waals surface area contributed by atoms with Crippen LogP contribution in [0.15, 0.2) is 0 Å². The van der Waals surface area contributed by atoms with E-state index in [1.165, 1.54) is 12.8 Å². The van der Waals surface area contributed by atoms with Gasteiger partial charge in [0.15, 0.2) is 0 Å². The molecular formula is C9H14O. The zero-order chi connectivity index (χ0) is 6.55. The van der Waals surface area contributed by atoms with Gasteiger partial charge in [-0.05, 0) is 42.9 Å². The first-order valence-corrected chi connectivity index (χ1v) is 4.53.